The van der Waals surface area contributed by atoms with E-state index >= 15 is 0 Å². The monoisotopic (exact) mass is 454 g/mol. The minimum atomic E-state index is -0.814. The van der Waals surface area contributed by atoms with E-state index in [2.05, 4.69) is 12.2 Å². The Balaban J connectivity index is 1.76. The predicted molar refractivity (Wildman–Crippen MR) is 126 cm³/mol. The first kappa shape index (κ1) is 26.0. The van der Waals surface area contributed by atoms with Crippen molar-refractivity contribution in [3.05, 3.63) is 54.1 Å². The molecule has 2 atom stereocenters. The Hall–Kier alpha value is -3.24. The van der Waals surface area contributed by atoms with Gasteiger partial charge in [0.2, 0.25) is 5.91 Å². The van der Waals surface area contributed by atoms with E-state index in [0.717, 1.165) is 17.7 Å². The standard InChI is InChI=1S/C26H34N2O5/c1-3-5-6-7-17-31-21-10-8-20(9-11-21)26(30)24(4-2)28-25(29)16-18-32-22-12-14-23(15-13-22)33-19-27/h8-15,24,26,30H,3-7,16-18H2,1-2H3,(H,28,29)/t24-,26-/m1/s1. The second kappa shape index (κ2) is 14.8. The minimum Gasteiger partial charge on any atom is -0.494 e. The van der Waals surface area contributed by atoms with E-state index in [-0.39, 0.29) is 18.9 Å². The molecule has 178 valence electrons. The molecule has 7 heteroatoms. The Kier molecular flexibility index (Phi) is 11.6. The molecule has 0 heterocycles. The highest BCUT2D eigenvalue weighted by Crippen LogP contribution is 2.22. The van der Waals surface area contributed by atoms with Crippen LogP contribution in [0, 0.1) is 11.5 Å². The third-order valence-electron chi connectivity index (χ3n) is 5.24. The summed E-state index contributed by atoms with van der Waals surface area (Å²) in [6, 6.07) is 13.6. The second-order valence-corrected chi connectivity index (χ2v) is 7.77. The van der Waals surface area contributed by atoms with Crippen molar-refractivity contribution >= 4 is 5.91 Å². The third kappa shape index (κ3) is 9.42. The molecular weight excluding hydrogens is 420 g/mol. The Bertz CT molecular complexity index is 862. The number of ether oxygens (including phenoxy) is 3. The number of hydrogen-bond donors (Lipinski definition) is 2. The zero-order valence-corrected chi connectivity index (χ0v) is 19.5. The third-order valence-corrected chi connectivity index (χ3v) is 5.24. The molecular formula is C26H34N2O5. The van der Waals surface area contributed by atoms with Crippen molar-refractivity contribution in [3.63, 3.8) is 0 Å². The van der Waals surface area contributed by atoms with Crippen molar-refractivity contribution < 1.29 is 24.1 Å². The summed E-state index contributed by atoms with van der Waals surface area (Å²) in [5.41, 5.74) is 0.733. The number of carbonyl (C=O) groups excluding carboxylic acids is 1. The van der Waals surface area contributed by atoms with Gasteiger partial charge in [0.1, 0.15) is 17.2 Å². The van der Waals surface area contributed by atoms with Crippen molar-refractivity contribution in [2.24, 2.45) is 0 Å². The topological polar surface area (TPSA) is 101 Å². The number of amides is 1. The van der Waals surface area contributed by atoms with Crippen LogP contribution in [-0.2, 0) is 4.79 Å². The van der Waals surface area contributed by atoms with E-state index in [4.69, 9.17) is 19.5 Å². The zero-order valence-electron chi connectivity index (χ0n) is 19.5. The maximum Gasteiger partial charge on any atom is 0.292 e. The van der Waals surface area contributed by atoms with E-state index in [0.29, 0.717) is 24.5 Å². The molecule has 2 aromatic carbocycles. The molecule has 1 amide bonds. The summed E-state index contributed by atoms with van der Waals surface area (Å²) in [6.45, 7) is 4.99. The van der Waals surface area contributed by atoms with Crippen molar-refractivity contribution in [3.8, 4) is 23.5 Å². The van der Waals surface area contributed by atoms with Gasteiger partial charge in [0.25, 0.3) is 6.26 Å². The lowest BCUT2D eigenvalue weighted by Gasteiger charge is -2.23. The van der Waals surface area contributed by atoms with E-state index in [1.54, 1.807) is 30.5 Å². The predicted octanol–water partition coefficient (Wildman–Crippen LogP) is 4.90. The molecule has 0 aliphatic heterocycles. The molecule has 0 radical (unpaired) electrons. The van der Waals surface area contributed by atoms with Crippen LogP contribution in [0.15, 0.2) is 48.5 Å². The van der Waals surface area contributed by atoms with Gasteiger partial charge >= 0.3 is 0 Å². The van der Waals surface area contributed by atoms with E-state index in [1.807, 2.05) is 31.2 Å². The van der Waals surface area contributed by atoms with Crippen LogP contribution >= 0.6 is 0 Å². The van der Waals surface area contributed by atoms with E-state index < -0.39 is 12.1 Å². The van der Waals surface area contributed by atoms with Crippen molar-refractivity contribution in [1.29, 1.82) is 5.26 Å². The lowest BCUT2D eigenvalue weighted by Crippen LogP contribution is -2.39. The molecule has 0 aromatic heterocycles. The normalized spacial score (nSPS) is 12.3. The molecule has 0 bridgehead atoms. The summed E-state index contributed by atoms with van der Waals surface area (Å²) in [4.78, 5) is 12.3. The van der Waals surface area contributed by atoms with Gasteiger partial charge in [-0.05, 0) is 54.8 Å². The minimum absolute atomic E-state index is 0.157. The van der Waals surface area contributed by atoms with Gasteiger partial charge in [-0.25, -0.2) is 0 Å². The summed E-state index contributed by atoms with van der Waals surface area (Å²) in [7, 11) is 0. The fraction of sp³-hybridized carbons (Fsp3) is 0.462. The molecule has 7 nitrogen and oxygen atoms in total. The second-order valence-electron chi connectivity index (χ2n) is 7.77. The molecule has 0 unspecified atom stereocenters. The molecule has 0 saturated carbocycles. The highest BCUT2D eigenvalue weighted by molar-refractivity contribution is 5.76. The number of nitriles is 1. The summed E-state index contributed by atoms with van der Waals surface area (Å²) < 4.78 is 16.0. The Morgan fingerprint density at radius 2 is 1.55 bits per heavy atom. The highest BCUT2D eigenvalue weighted by Gasteiger charge is 2.21. The molecule has 0 fully saturated rings. The number of hydrogen-bond acceptors (Lipinski definition) is 6. The molecule has 33 heavy (non-hydrogen) atoms. The molecule has 2 aromatic rings. The van der Waals surface area contributed by atoms with Crippen molar-refractivity contribution in [2.45, 2.75) is 64.5 Å². The quantitative estimate of drug-likeness (QED) is 0.293. The molecule has 2 rings (SSSR count). The number of nitrogens with zero attached hydrogens (tertiary/aromatic N) is 1. The smallest absolute Gasteiger partial charge is 0.292 e. The number of unbranched alkanes of at least 4 members (excludes halogenated alkanes) is 3. The number of nitrogens with one attached hydrogen (secondary N) is 1. The van der Waals surface area contributed by atoms with Gasteiger partial charge in [-0.1, -0.05) is 45.2 Å². The summed E-state index contributed by atoms with van der Waals surface area (Å²) >= 11 is 0. The summed E-state index contributed by atoms with van der Waals surface area (Å²) in [5, 5.41) is 22.1. The molecule has 0 aliphatic rings. The molecule has 0 spiro atoms. The molecule has 0 saturated heterocycles. The maximum atomic E-state index is 12.3. The van der Waals surface area contributed by atoms with Crippen LogP contribution < -0.4 is 19.5 Å². The maximum absolute atomic E-state index is 12.3. The van der Waals surface area contributed by atoms with Crippen molar-refractivity contribution in [1.82, 2.24) is 5.32 Å². The average Bonchev–Trinajstić information content (AvgIpc) is 2.83. The van der Waals surface area contributed by atoms with Crippen LogP contribution in [0.2, 0.25) is 0 Å². The van der Waals surface area contributed by atoms with E-state index in [1.165, 1.54) is 19.3 Å². The van der Waals surface area contributed by atoms with Gasteiger partial charge in [0.15, 0.2) is 0 Å². The van der Waals surface area contributed by atoms with Gasteiger partial charge < -0.3 is 24.6 Å². The number of carbonyl (C=O) groups is 1. The fourth-order valence-corrected chi connectivity index (χ4v) is 3.31. The van der Waals surface area contributed by atoms with Crippen molar-refractivity contribution in [2.75, 3.05) is 13.2 Å². The van der Waals surface area contributed by atoms with Crippen LogP contribution in [0.5, 0.6) is 17.2 Å². The lowest BCUT2D eigenvalue weighted by atomic mass is 10.00. The first-order valence-electron chi connectivity index (χ1n) is 11.6. The highest BCUT2D eigenvalue weighted by atomic mass is 16.5. The summed E-state index contributed by atoms with van der Waals surface area (Å²) in [5.74, 6) is 1.59. The number of benzene rings is 2. The lowest BCUT2D eigenvalue weighted by molar-refractivity contribution is -0.123. The van der Waals surface area contributed by atoms with Gasteiger partial charge in [-0.2, -0.15) is 0 Å². The fourth-order valence-electron chi connectivity index (χ4n) is 3.31. The van der Waals surface area contributed by atoms with Gasteiger partial charge in [0, 0.05) is 0 Å². The van der Waals surface area contributed by atoms with Gasteiger partial charge in [0.05, 0.1) is 31.8 Å². The Morgan fingerprint density at radius 3 is 2.15 bits per heavy atom. The Morgan fingerprint density at radius 1 is 0.939 bits per heavy atom. The number of aliphatic hydroxyl groups is 1. The number of rotatable bonds is 15. The van der Waals surface area contributed by atoms with Crippen LogP contribution in [0.25, 0.3) is 0 Å². The largest absolute Gasteiger partial charge is 0.494 e. The van der Waals surface area contributed by atoms with Gasteiger partial charge in [-0.15, -0.1) is 5.26 Å². The molecule has 2 N–H and O–H groups in total. The SMILES string of the molecule is CCCCCCOc1ccc([C@@H](O)[C@@H](CC)NC(=O)CCOc2ccc(OC#N)cc2)cc1. The van der Waals surface area contributed by atoms with Gasteiger partial charge in [-0.3, -0.25) is 4.79 Å². The van der Waals surface area contributed by atoms with Crippen LogP contribution in [-0.4, -0.2) is 30.3 Å². The summed E-state index contributed by atoms with van der Waals surface area (Å²) in [6.07, 6.45) is 6.15. The average molecular weight is 455 g/mol. The Labute approximate surface area is 196 Å². The first-order valence-corrected chi connectivity index (χ1v) is 11.6. The van der Waals surface area contributed by atoms with Crippen LogP contribution in [0.1, 0.15) is 64.0 Å². The zero-order chi connectivity index (χ0) is 23.9. The first-order chi connectivity index (χ1) is 16.1. The number of aliphatic hydroxyl groups excluding tert-OH is 1. The molecule has 0 aliphatic carbocycles. The van der Waals surface area contributed by atoms with E-state index in [9.17, 15) is 9.90 Å². The van der Waals surface area contributed by atoms with Crippen LogP contribution in [0.4, 0.5) is 0 Å². The van der Waals surface area contributed by atoms with Crippen LogP contribution in [0.3, 0.4) is 0 Å².